The lowest BCUT2D eigenvalue weighted by molar-refractivity contribution is 0.0594. The molecule has 2 amide bonds. The van der Waals surface area contributed by atoms with Crippen molar-refractivity contribution in [2.75, 3.05) is 38.6 Å². The molecular formula is C33H33N3O4. The van der Waals surface area contributed by atoms with Gasteiger partial charge in [-0.05, 0) is 34.9 Å². The Morgan fingerprint density at radius 2 is 1.35 bits per heavy atom. The Bertz CT molecular complexity index is 1370. The van der Waals surface area contributed by atoms with Gasteiger partial charge in [-0.1, -0.05) is 91.0 Å². The highest BCUT2D eigenvalue weighted by molar-refractivity contribution is 5.96. The maximum absolute atomic E-state index is 13.1. The van der Waals surface area contributed by atoms with Crippen LogP contribution < -0.4 is 10.1 Å². The number of amides is 2. The lowest BCUT2D eigenvalue weighted by Crippen LogP contribution is -2.49. The molecule has 1 fully saturated rings. The number of nitrogens with one attached hydrogen (secondary N) is 1. The number of methoxy groups -OCH3 is 1. The molecule has 0 aromatic heterocycles. The summed E-state index contributed by atoms with van der Waals surface area (Å²) >= 11 is 0. The molecule has 1 N–H and O–H groups in total. The fourth-order valence-corrected chi connectivity index (χ4v) is 4.84. The van der Waals surface area contributed by atoms with E-state index in [2.05, 4.69) is 22.3 Å². The summed E-state index contributed by atoms with van der Waals surface area (Å²) in [7, 11) is 1.33. The van der Waals surface area contributed by atoms with Crippen LogP contribution in [0.25, 0.3) is 0 Å². The number of anilines is 1. The third-order valence-corrected chi connectivity index (χ3v) is 6.99. The van der Waals surface area contributed by atoms with Gasteiger partial charge >= 0.3 is 12.0 Å². The van der Waals surface area contributed by atoms with Crippen molar-refractivity contribution in [3.05, 3.63) is 131 Å². The molecule has 5 rings (SSSR count). The van der Waals surface area contributed by atoms with Crippen LogP contribution in [0.15, 0.2) is 109 Å². The number of hydrogen-bond donors (Lipinski definition) is 1. The van der Waals surface area contributed by atoms with Gasteiger partial charge in [-0.2, -0.15) is 0 Å². The summed E-state index contributed by atoms with van der Waals surface area (Å²) in [5.74, 6) is -0.169. The molecular weight excluding hydrogens is 502 g/mol. The molecule has 7 heteroatoms. The minimum Gasteiger partial charge on any atom is -0.480 e. The zero-order valence-electron chi connectivity index (χ0n) is 22.5. The fourth-order valence-electron chi connectivity index (χ4n) is 4.84. The van der Waals surface area contributed by atoms with Crippen LogP contribution in [0.1, 0.15) is 33.2 Å². The van der Waals surface area contributed by atoms with Gasteiger partial charge in [0.05, 0.1) is 7.11 Å². The third-order valence-electron chi connectivity index (χ3n) is 6.99. The first kappa shape index (κ1) is 27.0. The van der Waals surface area contributed by atoms with E-state index in [1.807, 2.05) is 78.9 Å². The average Bonchev–Trinajstić information content (AvgIpc) is 3.01. The van der Waals surface area contributed by atoms with E-state index in [9.17, 15) is 9.59 Å². The van der Waals surface area contributed by atoms with Gasteiger partial charge in [-0.15, -0.1) is 0 Å². The SMILES string of the molecule is COC(=O)c1cc(NC(=O)N2CCN(Cc3ccccc3)CC2)ccc1OC(c1ccccc1)c1ccccc1. The maximum Gasteiger partial charge on any atom is 0.341 e. The molecule has 0 atom stereocenters. The second-order valence-corrected chi connectivity index (χ2v) is 9.70. The van der Waals surface area contributed by atoms with Gasteiger partial charge in [-0.3, -0.25) is 4.90 Å². The standard InChI is InChI=1S/C33H33N3O4/c1-39-32(37)29-23-28(34-33(38)36-21-19-35(20-22-36)24-25-11-5-2-6-12-25)17-18-30(29)40-31(26-13-7-3-8-14-26)27-15-9-4-10-16-27/h2-18,23,31H,19-22,24H2,1H3,(H,34,38). The lowest BCUT2D eigenvalue weighted by Gasteiger charge is -2.34. The first-order valence-electron chi connectivity index (χ1n) is 13.4. The van der Waals surface area contributed by atoms with Crippen molar-refractivity contribution < 1.29 is 19.1 Å². The Morgan fingerprint density at radius 3 is 1.93 bits per heavy atom. The summed E-state index contributed by atoms with van der Waals surface area (Å²) in [4.78, 5) is 30.0. The second-order valence-electron chi connectivity index (χ2n) is 9.70. The van der Waals surface area contributed by atoms with Crippen LogP contribution in [0, 0.1) is 0 Å². The highest BCUT2D eigenvalue weighted by atomic mass is 16.5. The first-order valence-corrected chi connectivity index (χ1v) is 13.4. The van der Waals surface area contributed by atoms with Gasteiger partial charge in [0, 0.05) is 38.4 Å². The van der Waals surface area contributed by atoms with Crippen LogP contribution in [0.5, 0.6) is 5.75 Å². The number of nitrogens with zero attached hydrogens (tertiary/aromatic N) is 2. The number of rotatable bonds is 8. The van der Waals surface area contributed by atoms with Crippen LogP contribution in [0.4, 0.5) is 10.5 Å². The van der Waals surface area contributed by atoms with Crippen molar-refractivity contribution in [3.63, 3.8) is 0 Å². The van der Waals surface area contributed by atoms with E-state index in [0.717, 1.165) is 30.8 Å². The Balaban J connectivity index is 1.29. The van der Waals surface area contributed by atoms with Gasteiger partial charge in [0.2, 0.25) is 0 Å². The quantitative estimate of drug-likeness (QED) is 0.281. The number of ether oxygens (including phenoxy) is 2. The van der Waals surface area contributed by atoms with E-state index < -0.39 is 12.1 Å². The lowest BCUT2D eigenvalue weighted by atomic mass is 10.0. The summed E-state index contributed by atoms with van der Waals surface area (Å²) in [6, 6.07) is 34.9. The number of benzene rings is 4. The maximum atomic E-state index is 13.1. The number of esters is 1. The molecule has 1 heterocycles. The molecule has 4 aromatic carbocycles. The third kappa shape index (κ3) is 6.68. The molecule has 4 aromatic rings. The van der Waals surface area contributed by atoms with Crippen molar-refractivity contribution in [3.8, 4) is 5.75 Å². The normalized spacial score (nSPS) is 13.6. The second kappa shape index (κ2) is 13.0. The number of urea groups is 1. The predicted octanol–water partition coefficient (Wildman–Crippen LogP) is 5.99. The molecule has 40 heavy (non-hydrogen) atoms. The smallest absolute Gasteiger partial charge is 0.341 e. The Morgan fingerprint density at radius 1 is 0.775 bits per heavy atom. The minimum absolute atomic E-state index is 0.199. The topological polar surface area (TPSA) is 71.1 Å². The van der Waals surface area contributed by atoms with E-state index in [4.69, 9.17) is 9.47 Å². The van der Waals surface area contributed by atoms with Gasteiger partial charge in [0.1, 0.15) is 17.4 Å². The van der Waals surface area contributed by atoms with E-state index in [1.54, 1.807) is 23.1 Å². The summed E-state index contributed by atoms with van der Waals surface area (Å²) in [6.07, 6.45) is -0.432. The average molecular weight is 536 g/mol. The van der Waals surface area contributed by atoms with Crippen LogP contribution in [-0.4, -0.2) is 55.1 Å². The van der Waals surface area contributed by atoms with Crippen LogP contribution in [-0.2, 0) is 11.3 Å². The zero-order chi connectivity index (χ0) is 27.7. The highest BCUT2D eigenvalue weighted by Crippen LogP contribution is 2.32. The zero-order valence-corrected chi connectivity index (χ0v) is 22.5. The summed E-state index contributed by atoms with van der Waals surface area (Å²) < 4.78 is 11.5. The van der Waals surface area contributed by atoms with Crippen molar-refractivity contribution >= 4 is 17.7 Å². The molecule has 1 saturated heterocycles. The molecule has 204 valence electrons. The highest BCUT2D eigenvalue weighted by Gasteiger charge is 2.24. The van der Waals surface area contributed by atoms with Crippen molar-refractivity contribution in [2.45, 2.75) is 12.6 Å². The first-order chi connectivity index (χ1) is 19.6. The molecule has 0 bridgehead atoms. The van der Waals surface area contributed by atoms with Crippen LogP contribution in [0.2, 0.25) is 0 Å². The summed E-state index contributed by atoms with van der Waals surface area (Å²) in [5, 5.41) is 2.94. The van der Waals surface area contributed by atoms with E-state index in [0.29, 0.717) is 24.5 Å². The van der Waals surface area contributed by atoms with Crippen LogP contribution >= 0.6 is 0 Å². The molecule has 0 unspecified atom stereocenters. The molecule has 7 nitrogen and oxygen atoms in total. The van der Waals surface area contributed by atoms with Gasteiger partial charge in [0.15, 0.2) is 0 Å². The largest absolute Gasteiger partial charge is 0.480 e. The van der Waals surface area contributed by atoms with Crippen molar-refractivity contribution in [2.24, 2.45) is 0 Å². The van der Waals surface area contributed by atoms with Crippen LogP contribution in [0.3, 0.4) is 0 Å². The minimum atomic E-state index is -0.541. The van der Waals surface area contributed by atoms with Gasteiger partial charge in [0.25, 0.3) is 0 Å². The number of hydrogen-bond acceptors (Lipinski definition) is 5. The predicted molar refractivity (Wildman–Crippen MR) is 155 cm³/mol. The molecule has 0 aliphatic carbocycles. The van der Waals surface area contributed by atoms with E-state index in [-0.39, 0.29) is 11.6 Å². The molecule has 1 aliphatic rings. The van der Waals surface area contributed by atoms with Crippen molar-refractivity contribution in [1.82, 2.24) is 9.80 Å². The summed E-state index contributed by atoms with van der Waals surface area (Å²) in [6.45, 7) is 3.71. The Hall–Kier alpha value is -4.62. The van der Waals surface area contributed by atoms with Gasteiger partial charge < -0.3 is 19.7 Å². The van der Waals surface area contributed by atoms with Crippen molar-refractivity contribution in [1.29, 1.82) is 0 Å². The molecule has 0 radical (unpaired) electrons. The molecule has 1 aliphatic heterocycles. The number of carbonyl (C=O) groups excluding carboxylic acids is 2. The van der Waals surface area contributed by atoms with Gasteiger partial charge in [-0.25, -0.2) is 9.59 Å². The molecule has 0 saturated carbocycles. The molecule has 0 spiro atoms. The van der Waals surface area contributed by atoms with E-state index in [1.165, 1.54) is 12.7 Å². The fraction of sp³-hybridized carbons (Fsp3) is 0.212. The van der Waals surface area contributed by atoms with E-state index >= 15 is 0 Å². The number of piperazine rings is 1. The Kier molecular flexibility index (Phi) is 8.73. The monoisotopic (exact) mass is 535 g/mol. The summed E-state index contributed by atoms with van der Waals surface area (Å²) in [5.41, 5.74) is 3.91. The Labute approximate surface area is 235 Å². The number of carbonyl (C=O) groups is 2.